The van der Waals surface area contributed by atoms with Crippen molar-refractivity contribution < 1.29 is 20.4 Å². The number of non-ortho nitro benzene ring substituents is 1. The van der Waals surface area contributed by atoms with Crippen LogP contribution in [0.3, 0.4) is 0 Å². The molecule has 0 spiro atoms. The number of nitro benzene ring substituents is 1. The Labute approximate surface area is 137 Å². The van der Waals surface area contributed by atoms with Crippen molar-refractivity contribution in [3.63, 3.8) is 0 Å². The predicted octanol–water partition coefficient (Wildman–Crippen LogP) is 2.29. The summed E-state index contributed by atoms with van der Waals surface area (Å²) in [5.41, 5.74) is 3.97. The fraction of sp³-hybridized carbons (Fsp3) is 0.286. The highest BCUT2D eigenvalue weighted by Crippen LogP contribution is 2.36. The third-order valence-electron chi connectivity index (χ3n) is 3.39. The summed E-state index contributed by atoms with van der Waals surface area (Å²) in [7, 11) is 0. The number of anilines is 1. The lowest BCUT2D eigenvalue weighted by Gasteiger charge is -2.16. The van der Waals surface area contributed by atoms with Gasteiger partial charge in [-0.1, -0.05) is 13.8 Å². The van der Waals surface area contributed by atoms with E-state index in [9.17, 15) is 15.2 Å². The zero-order valence-corrected chi connectivity index (χ0v) is 13.1. The van der Waals surface area contributed by atoms with Crippen LogP contribution in [0, 0.1) is 10.1 Å². The summed E-state index contributed by atoms with van der Waals surface area (Å²) < 4.78 is 0. The lowest BCUT2D eigenvalue weighted by atomic mass is 9.98. The number of nitrogens with one attached hydrogen (secondary N) is 1. The summed E-state index contributed by atoms with van der Waals surface area (Å²) in [5, 5.41) is 38.4. The number of nitro groups is 1. The summed E-state index contributed by atoms with van der Waals surface area (Å²) in [6.45, 7) is 3.68. The minimum atomic E-state index is -0.592. The number of nitrogens with zero attached hydrogens (tertiary/aromatic N) is 4. The first-order valence-corrected chi connectivity index (χ1v) is 7.19. The smallest absolute Gasteiger partial charge is 0.273 e. The molecule has 1 aromatic carbocycles. The quantitative estimate of drug-likeness (QED) is 0.461. The molecule has 4 N–H and O–H groups in total. The summed E-state index contributed by atoms with van der Waals surface area (Å²) in [4.78, 5) is 18.6. The Hall–Kier alpha value is -2.82. The maximum atomic E-state index is 10.8. The van der Waals surface area contributed by atoms with Gasteiger partial charge in [-0.05, 0) is 18.9 Å². The van der Waals surface area contributed by atoms with Gasteiger partial charge in [0.15, 0.2) is 0 Å². The predicted molar refractivity (Wildman–Crippen MR) is 83.6 cm³/mol. The van der Waals surface area contributed by atoms with Gasteiger partial charge in [0.25, 0.3) is 5.69 Å². The molecule has 2 aromatic rings. The Bertz CT molecular complexity index is 740. The maximum Gasteiger partial charge on any atom is 0.273 e. The molecule has 128 valence electrons. The second kappa shape index (κ2) is 7.17. The van der Waals surface area contributed by atoms with Crippen molar-refractivity contribution in [2.45, 2.75) is 26.7 Å². The lowest BCUT2D eigenvalue weighted by molar-refractivity contribution is -0.384. The highest BCUT2D eigenvalue weighted by molar-refractivity contribution is 5.76. The second-order valence-electron chi connectivity index (χ2n) is 4.88. The van der Waals surface area contributed by atoms with Crippen LogP contribution in [0.5, 0.6) is 5.75 Å². The van der Waals surface area contributed by atoms with Gasteiger partial charge in [0.05, 0.1) is 22.4 Å². The van der Waals surface area contributed by atoms with Gasteiger partial charge in [-0.2, -0.15) is 0 Å². The number of phenolic OH excluding ortho intramolecular Hbond substituents is 1. The van der Waals surface area contributed by atoms with Gasteiger partial charge in [0, 0.05) is 22.5 Å². The first kappa shape index (κ1) is 17.5. The van der Waals surface area contributed by atoms with Crippen molar-refractivity contribution >= 4 is 11.6 Å². The topological polar surface area (TPSA) is 145 Å². The molecule has 1 aromatic heterocycles. The third kappa shape index (κ3) is 3.56. The number of hydrazine groups is 1. The molecule has 0 saturated carbocycles. The van der Waals surface area contributed by atoms with Crippen LogP contribution in [0.25, 0.3) is 11.1 Å². The van der Waals surface area contributed by atoms with E-state index in [1.165, 1.54) is 12.1 Å². The largest absolute Gasteiger partial charge is 0.507 e. The van der Waals surface area contributed by atoms with E-state index in [2.05, 4.69) is 15.4 Å². The second-order valence-corrected chi connectivity index (χ2v) is 4.88. The molecule has 0 unspecified atom stereocenters. The fourth-order valence-corrected chi connectivity index (χ4v) is 2.37. The van der Waals surface area contributed by atoms with Crippen LogP contribution in [-0.4, -0.2) is 35.7 Å². The van der Waals surface area contributed by atoms with Crippen molar-refractivity contribution in [1.82, 2.24) is 15.3 Å². The molecule has 0 saturated heterocycles. The average molecular weight is 335 g/mol. The van der Waals surface area contributed by atoms with Gasteiger partial charge < -0.3 is 5.11 Å². The molecule has 10 heteroatoms. The standard InChI is InChI=1S/C14H17N5O5/c1-3-10-13(9-6-5-8(18(21)22)7-12(9)20)11(4-2)16-14(15-10)17-19(23)24/h5-7,20,23-24H,3-4H2,1-2H3,(H,15,16,17). The van der Waals surface area contributed by atoms with E-state index in [0.717, 1.165) is 6.07 Å². The Morgan fingerprint density at radius 1 is 1.21 bits per heavy atom. The molecular weight excluding hydrogens is 318 g/mol. The maximum absolute atomic E-state index is 10.8. The van der Waals surface area contributed by atoms with Crippen LogP contribution >= 0.6 is 0 Å². The van der Waals surface area contributed by atoms with E-state index in [1.807, 2.05) is 13.8 Å². The summed E-state index contributed by atoms with van der Waals surface area (Å²) >= 11 is 0. The number of aromatic nitrogens is 2. The molecule has 0 aliphatic heterocycles. The summed E-state index contributed by atoms with van der Waals surface area (Å²) in [6, 6.07) is 3.81. The van der Waals surface area contributed by atoms with Gasteiger partial charge in [-0.3, -0.25) is 20.5 Å². The van der Waals surface area contributed by atoms with Gasteiger partial charge >= 0.3 is 0 Å². The van der Waals surface area contributed by atoms with Crippen molar-refractivity contribution in [1.29, 1.82) is 0 Å². The molecule has 0 aliphatic carbocycles. The number of phenols is 1. The van der Waals surface area contributed by atoms with Crippen LogP contribution < -0.4 is 5.43 Å². The zero-order chi connectivity index (χ0) is 17.9. The number of aryl methyl sites for hydroxylation is 2. The minimum absolute atomic E-state index is 0.0150. The van der Waals surface area contributed by atoms with E-state index >= 15 is 0 Å². The zero-order valence-electron chi connectivity index (χ0n) is 13.1. The molecule has 10 nitrogen and oxygen atoms in total. The Kier molecular flexibility index (Phi) is 5.24. The molecule has 0 fully saturated rings. The van der Waals surface area contributed by atoms with Crippen LogP contribution in [0.4, 0.5) is 11.6 Å². The van der Waals surface area contributed by atoms with Crippen molar-refractivity contribution in [2.75, 3.05) is 5.43 Å². The van der Waals surface area contributed by atoms with Gasteiger partial charge in [-0.25, -0.2) is 15.4 Å². The van der Waals surface area contributed by atoms with E-state index in [4.69, 9.17) is 10.4 Å². The molecule has 24 heavy (non-hydrogen) atoms. The lowest BCUT2D eigenvalue weighted by Crippen LogP contribution is -2.23. The molecular formula is C14H17N5O5. The van der Waals surface area contributed by atoms with Gasteiger partial charge in [0.1, 0.15) is 5.75 Å². The number of rotatable bonds is 6. The number of aromatic hydroxyl groups is 1. The van der Waals surface area contributed by atoms with Crippen molar-refractivity contribution in [3.8, 4) is 16.9 Å². The van der Waals surface area contributed by atoms with Crippen molar-refractivity contribution in [3.05, 3.63) is 39.7 Å². The van der Waals surface area contributed by atoms with Crippen LogP contribution in [-0.2, 0) is 12.8 Å². The first-order chi connectivity index (χ1) is 11.4. The van der Waals surface area contributed by atoms with E-state index in [-0.39, 0.29) is 22.7 Å². The van der Waals surface area contributed by atoms with E-state index in [0.29, 0.717) is 35.4 Å². The summed E-state index contributed by atoms with van der Waals surface area (Å²) in [6.07, 6.45) is 0.958. The van der Waals surface area contributed by atoms with Crippen molar-refractivity contribution in [2.24, 2.45) is 0 Å². The van der Waals surface area contributed by atoms with E-state index in [1.54, 1.807) is 0 Å². The third-order valence-corrected chi connectivity index (χ3v) is 3.39. The minimum Gasteiger partial charge on any atom is -0.507 e. The Morgan fingerprint density at radius 3 is 2.21 bits per heavy atom. The highest BCUT2D eigenvalue weighted by Gasteiger charge is 2.19. The Morgan fingerprint density at radius 2 is 1.79 bits per heavy atom. The number of hydrogen-bond acceptors (Lipinski definition) is 9. The monoisotopic (exact) mass is 335 g/mol. The number of hydrogen-bond donors (Lipinski definition) is 4. The molecule has 0 radical (unpaired) electrons. The van der Waals surface area contributed by atoms with Crippen LogP contribution in [0.1, 0.15) is 25.2 Å². The average Bonchev–Trinajstić information content (AvgIpc) is 2.53. The van der Waals surface area contributed by atoms with Crippen LogP contribution in [0.2, 0.25) is 0 Å². The molecule has 2 rings (SSSR count). The fourth-order valence-electron chi connectivity index (χ4n) is 2.37. The van der Waals surface area contributed by atoms with Gasteiger partial charge in [0.2, 0.25) is 5.95 Å². The summed E-state index contributed by atoms with van der Waals surface area (Å²) in [5.74, 6) is -0.261. The van der Waals surface area contributed by atoms with Gasteiger partial charge in [-0.15, -0.1) is 0 Å². The van der Waals surface area contributed by atoms with Crippen LogP contribution in [0.15, 0.2) is 18.2 Å². The normalized spacial score (nSPS) is 10.9. The molecule has 0 amide bonds. The molecule has 0 bridgehead atoms. The molecule has 1 heterocycles. The molecule has 0 atom stereocenters. The highest BCUT2D eigenvalue weighted by atomic mass is 16.8. The molecule has 0 aliphatic rings. The SMILES string of the molecule is CCc1nc(NN(O)O)nc(CC)c1-c1ccc([N+](=O)[O-])cc1O. The first-order valence-electron chi connectivity index (χ1n) is 7.19. The Balaban J connectivity index is 2.62. The van der Waals surface area contributed by atoms with E-state index < -0.39 is 4.92 Å². The number of benzene rings is 1.